The zero-order valence-electron chi connectivity index (χ0n) is 22.0. The lowest BCUT2D eigenvalue weighted by Crippen LogP contribution is -2.52. The molecule has 3 aromatic rings. The fourth-order valence-corrected chi connectivity index (χ4v) is 5.32. The van der Waals surface area contributed by atoms with E-state index in [0.29, 0.717) is 24.1 Å². The molecule has 3 atom stereocenters. The van der Waals surface area contributed by atoms with Crippen LogP contribution < -0.4 is 16.0 Å². The monoisotopic (exact) mass is 615 g/mol. The van der Waals surface area contributed by atoms with Crippen LogP contribution in [-0.2, 0) is 16.0 Å². The second kappa shape index (κ2) is 13.5. The summed E-state index contributed by atoms with van der Waals surface area (Å²) < 4.78 is 0. The number of hydrogen-bond donors (Lipinski definition) is 6. The molecular formula is C28H27Cl2N5O7. The third kappa shape index (κ3) is 7.45. The molecule has 4 rings (SSSR count). The maximum atomic E-state index is 13.2. The summed E-state index contributed by atoms with van der Waals surface area (Å²) in [6.07, 6.45) is 2.38. The van der Waals surface area contributed by atoms with Gasteiger partial charge in [0.1, 0.15) is 11.7 Å². The van der Waals surface area contributed by atoms with Crippen LogP contribution in [0.4, 0.5) is 5.69 Å². The first-order valence-electron chi connectivity index (χ1n) is 13.0. The lowest BCUT2D eigenvalue weighted by molar-refractivity contribution is -0.142. The fourth-order valence-electron chi connectivity index (χ4n) is 4.75. The van der Waals surface area contributed by atoms with Gasteiger partial charge >= 0.3 is 11.9 Å². The number of aromatic amines is 1. The molecule has 0 bridgehead atoms. The first-order valence-corrected chi connectivity index (χ1v) is 13.8. The van der Waals surface area contributed by atoms with E-state index >= 15 is 0 Å². The summed E-state index contributed by atoms with van der Waals surface area (Å²) in [5, 5.41) is 33.2. The SMILES string of the molecule is O=C(NC1CCCCC1C(=O)N[C@@H](Cc1ccc(NC(=O)c2c(Cl)cccc2Cl)cc1)C(=O)O)c1cc(C(=O)O)[nH]n1. The number of nitrogens with zero attached hydrogens (tertiary/aromatic N) is 1. The molecule has 1 saturated carbocycles. The largest absolute Gasteiger partial charge is 0.480 e. The van der Waals surface area contributed by atoms with Crippen molar-refractivity contribution in [3.8, 4) is 0 Å². The van der Waals surface area contributed by atoms with Gasteiger partial charge in [-0.3, -0.25) is 19.5 Å². The number of hydrogen-bond acceptors (Lipinski definition) is 6. The normalized spacial score (nSPS) is 17.1. The number of carbonyl (C=O) groups is 5. The molecule has 12 nitrogen and oxygen atoms in total. The van der Waals surface area contributed by atoms with Crippen LogP contribution in [0.2, 0.25) is 10.0 Å². The maximum absolute atomic E-state index is 13.2. The van der Waals surface area contributed by atoms with Crippen molar-refractivity contribution < 1.29 is 34.2 Å². The number of nitrogens with one attached hydrogen (secondary N) is 4. The molecule has 1 fully saturated rings. The Morgan fingerprint density at radius 1 is 0.952 bits per heavy atom. The highest BCUT2D eigenvalue weighted by Gasteiger charge is 2.34. The number of aliphatic carboxylic acids is 1. The van der Waals surface area contributed by atoms with E-state index in [1.54, 1.807) is 42.5 Å². The molecule has 220 valence electrons. The number of amides is 3. The second-order valence-corrected chi connectivity index (χ2v) is 10.6. The lowest BCUT2D eigenvalue weighted by Gasteiger charge is -2.32. The van der Waals surface area contributed by atoms with Crippen LogP contribution in [-0.4, -0.2) is 62.2 Å². The molecule has 0 spiro atoms. The molecule has 0 saturated heterocycles. The van der Waals surface area contributed by atoms with E-state index in [1.165, 1.54) is 0 Å². The minimum atomic E-state index is -1.27. The molecule has 1 aliphatic carbocycles. The van der Waals surface area contributed by atoms with Crippen LogP contribution in [0.3, 0.4) is 0 Å². The van der Waals surface area contributed by atoms with Gasteiger partial charge in [-0.1, -0.05) is 54.2 Å². The van der Waals surface area contributed by atoms with Crippen LogP contribution in [0.5, 0.6) is 0 Å². The molecule has 6 N–H and O–H groups in total. The molecule has 3 amide bonds. The van der Waals surface area contributed by atoms with Crippen molar-refractivity contribution in [2.24, 2.45) is 5.92 Å². The summed E-state index contributed by atoms with van der Waals surface area (Å²) in [7, 11) is 0. The number of carboxylic acid groups (broad SMARTS) is 2. The van der Waals surface area contributed by atoms with Gasteiger partial charge in [-0.2, -0.15) is 5.10 Å². The number of carbonyl (C=O) groups excluding carboxylic acids is 3. The molecule has 1 aromatic heterocycles. The molecule has 14 heteroatoms. The number of anilines is 1. The number of carboxylic acids is 2. The van der Waals surface area contributed by atoms with Crippen molar-refractivity contribution in [2.75, 3.05) is 5.32 Å². The summed E-state index contributed by atoms with van der Waals surface area (Å²) in [4.78, 5) is 61.6. The van der Waals surface area contributed by atoms with Gasteiger partial charge in [0, 0.05) is 24.2 Å². The topological polar surface area (TPSA) is 191 Å². The Bertz CT molecular complexity index is 1490. The van der Waals surface area contributed by atoms with Crippen LogP contribution in [0.25, 0.3) is 0 Å². The van der Waals surface area contributed by atoms with E-state index in [0.717, 1.165) is 18.9 Å². The lowest BCUT2D eigenvalue weighted by atomic mass is 9.83. The van der Waals surface area contributed by atoms with Crippen molar-refractivity contribution in [1.82, 2.24) is 20.8 Å². The maximum Gasteiger partial charge on any atom is 0.353 e. The zero-order chi connectivity index (χ0) is 30.4. The van der Waals surface area contributed by atoms with Crippen LogP contribution in [0.1, 0.15) is 62.6 Å². The average Bonchev–Trinajstić information content (AvgIpc) is 3.45. The first-order chi connectivity index (χ1) is 20.0. The van der Waals surface area contributed by atoms with E-state index < -0.39 is 47.7 Å². The number of H-pyrrole nitrogens is 1. The highest BCUT2D eigenvalue weighted by molar-refractivity contribution is 6.40. The minimum Gasteiger partial charge on any atom is -0.480 e. The molecular weight excluding hydrogens is 589 g/mol. The number of aromatic nitrogens is 2. The van der Waals surface area contributed by atoms with Crippen molar-refractivity contribution >= 4 is 58.5 Å². The highest BCUT2D eigenvalue weighted by atomic mass is 35.5. The quantitative estimate of drug-likeness (QED) is 0.198. The Kier molecular flexibility index (Phi) is 9.81. The number of benzene rings is 2. The summed E-state index contributed by atoms with van der Waals surface area (Å²) in [6.45, 7) is 0. The van der Waals surface area contributed by atoms with Crippen molar-refractivity contribution in [3.05, 3.63) is 81.1 Å². The predicted octanol–water partition coefficient (Wildman–Crippen LogP) is 3.77. The highest BCUT2D eigenvalue weighted by Crippen LogP contribution is 2.27. The third-order valence-corrected chi connectivity index (χ3v) is 7.55. The molecule has 2 aromatic carbocycles. The third-order valence-electron chi connectivity index (χ3n) is 6.92. The van der Waals surface area contributed by atoms with Crippen LogP contribution >= 0.6 is 23.2 Å². The Balaban J connectivity index is 1.38. The van der Waals surface area contributed by atoms with Crippen molar-refractivity contribution in [1.29, 1.82) is 0 Å². The van der Waals surface area contributed by atoms with E-state index in [-0.39, 0.29) is 33.4 Å². The fraction of sp³-hybridized carbons (Fsp3) is 0.286. The summed E-state index contributed by atoms with van der Waals surface area (Å²) >= 11 is 12.2. The van der Waals surface area contributed by atoms with Gasteiger partial charge < -0.3 is 26.2 Å². The number of halogens is 2. The standard InChI is InChI=1S/C28H27Cl2N5O7/c29-17-5-3-6-18(30)23(17)26(38)31-15-10-8-14(9-11-15)12-21(27(39)40)33-24(36)16-4-1-2-7-19(16)32-25(37)20-13-22(28(41)42)35-34-20/h3,5-6,8-11,13,16,19,21H,1-2,4,7,12H2,(H,31,38)(H,32,37)(H,33,36)(H,34,35)(H,39,40)(H,41,42)/t16?,19?,21-/m0/s1. The molecule has 0 aliphatic heterocycles. The second-order valence-electron chi connectivity index (χ2n) is 9.79. The van der Waals surface area contributed by atoms with Gasteiger partial charge in [0.25, 0.3) is 11.8 Å². The zero-order valence-corrected chi connectivity index (χ0v) is 23.5. The van der Waals surface area contributed by atoms with E-state index in [4.69, 9.17) is 28.3 Å². The molecule has 1 heterocycles. The summed E-state index contributed by atoms with van der Waals surface area (Å²) in [5.74, 6) is -4.83. The molecule has 1 aliphatic rings. The molecule has 42 heavy (non-hydrogen) atoms. The number of aromatic carboxylic acids is 1. The summed E-state index contributed by atoms with van der Waals surface area (Å²) in [5.41, 5.74) is 0.782. The van der Waals surface area contributed by atoms with E-state index in [1.807, 2.05) is 0 Å². The van der Waals surface area contributed by atoms with Gasteiger partial charge in [-0.05, 0) is 42.7 Å². The van der Waals surface area contributed by atoms with Crippen LogP contribution in [0.15, 0.2) is 48.5 Å². The minimum absolute atomic E-state index is 0.0272. The molecule has 2 unspecified atom stereocenters. The number of rotatable bonds is 10. The van der Waals surface area contributed by atoms with Gasteiger partial charge in [0.05, 0.1) is 21.5 Å². The van der Waals surface area contributed by atoms with Crippen LogP contribution in [0, 0.1) is 5.92 Å². The average molecular weight is 616 g/mol. The Morgan fingerprint density at radius 3 is 2.24 bits per heavy atom. The van der Waals surface area contributed by atoms with Gasteiger partial charge in [-0.15, -0.1) is 0 Å². The van der Waals surface area contributed by atoms with Gasteiger partial charge in [0.2, 0.25) is 5.91 Å². The van der Waals surface area contributed by atoms with Gasteiger partial charge in [0.15, 0.2) is 5.69 Å². The Labute approximate surface area is 249 Å². The Morgan fingerprint density at radius 2 is 1.62 bits per heavy atom. The van der Waals surface area contributed by atoms with Crippen molar-refractivity contribution in [3.63, 3.8) is 0 Å². The first kappa shape index (κ1) is 30.5. The van der Waals surface area contributed by atoms with E-state index in [2.05, 4.69) is 26.1 Å². The van der Waals surface area contributed by atoms with E-state index in [9.17, 15) is 29.1 Å². The molecule has 0 radical (unpaired) electrons. The Hall–Kier alpha value is -4.42. The van der Waals surface area contributed by atoms with Crippen molar-refractivity contribution in [2.45, 2.75) is 44.2 Å². The van der Waals surface area contributed by atoms with Gasteiger partial charge in [-0.25, -0.2) is 9.59 Å². The smallest absolute Gasteiger partial charge is 0.353 e. The summed E-state index contributed by atoms with van der Waals surface area (Å²) in [6, 6.07) is 10.4. The predicted molar refractivity (Wildman–Crippen MR) is 153 cm³/mol.